The van der Waals surface area contributed by atoms with E-state index < -0.39 is 11.8 Å². The Morgan fingerprint density at radius 3 is 2.95 bits per heavy atom. The molecular formula is C12H13FN2O3S. The van der Waals surface area contributed by atoms with E-state index in [9.17, 15) is 14.0 Å². The molecule has 1 atom stereocenters. The van der Waals surface area contributed by atoms with E-state index in [0.717, 1.165) is 6.07 Å². The van der Waals surface area contributed by atoms with Crippen LogP contribution >= 0.6 is 11.8 Å². The summed E-state index contributed by atoms with van der Waals surface area (Å²) in [4.78, 5) is 23.5. The van der Waals surface area contributed by atoms with Crippen molar-refractivity contribution in [2.24, 2.45) is 0 Å². The summed E-state index contributed by atoms with van der Waals surface area (Å²) in [6.45, 7) is 0. The van der Waals surface area contributed by atoms with Crippen molar-refractivity contribution in [1.29, 1.82) is 0 Å². The molecule has 2 N–H and O–H groups in total. The van der Waals surface area contributed by atoms with Crippen LogP contribution in [0, 0.1) is 5.82 Å². The third-order valence-corrected chi connectivity index (χ3v) is 3.62. The number of nitrogens with one attached hydrogen (secondary N) is 2. The molecule has 0 aromatic heterocycles. The average molecular weight is 284 g/mol. The van der Waals surface area contributed by atoms with Gasteiger partial charge >= 0.3 is 5.97 Å². The van der Waals surface area contributed by atoms with Crippen LogP contribution in [0.15, 0.2) is 18.2 Å². The third-order valence-electron chi connectivity index (χ3n) is 2.68. The summed E-state index contributed by atoms with van der Waals surface area (Å²) in [5.74, 6) is -0.121. The van der Waals surface area contributed by atoms with Crippen molar-refractivity contribution in [2.75, 3.05) is 24.1 Å². The van der Waals surface area contributed by atoms with E-state index in [1.165, 1.54) is 19.2 Å². The summed E-state index contributed by atoms with van der Waals surface area (Å²) >= 11 is 1.61. The summed E-state index contributed by atoms with van der Waals surface area (Å²) in [5.41, 5.74) is 0.249. The number of benzene rings is 1. The summed E-state index contributed by atoms with van der Waals surface area (Å²) < 4.78 is 17.7. The second-order valence-electron chi connectivity index (χ2n) is 3.94. The number of halogens is 1. The molecule has 0 radical (unpaired) electrons. The highest BCUT2D eigenvalue weighted by molar-refractivity contribution is 7.99. The van der Waals surface area contributed by atoms with Crippen molar-refractivity contribution < 1.29 is 18.7 Å². The molecule has 1 aromatic carbocycles. The quantitative estimate of drug-likeness (QED) is 0.817. The van der Waals surface area contributed by atoms with E-state index >= 15 is 0 Å². The molecule has 1 unspecified atom stereocenters. The average Bonchev–Trinajstić information content (AvgIpc) is 2.94. The maximum atomic E-state index is 13.1. The topological polar surface area (TPSA) is 67.4 Å². The molecule has 19 heavy (non-hydrogen) atoms. The van der Waals surface area contributed by atoms with Crippen LogP contribution in [-0.4, -0.2) is 36.7 Å². The Bertz CT molecular complexity index is 504. The van der Waals surface area contributed by atoms with E-state index in [0.29, 0.717) is 11.6 Å². The van der Waals surface area contributed by atoms with Gasteiger partial charge in [0.1, 0.15) is 5.82 Å². The molecule has 1 saturated heterocycles. The predicted molar refractivity (Wildman–Crippen MR) is 70.6 cm³/mol. The van der Waals surface area contributed by atoms with Gasteiger partial charge in [0.25, 0.3) is 0 Å². The molecule has 1 amide bonds. The lowest BCUT2D eigenvalue weighted by molar-refractivity contribution is -0.117. The fraction of sp³-hybridized carbons (Fsp3) is 0.333. The summed E-state index contributed by atoms with van der Waals surface area (Å²) in [6, 6.07) is 3.26. The lowest BCUT2D eigenvalue weighted by Gasteiger charge is -2.13. The zero-order chi connectivity index (χ0) is 13.8. The number of rotatable bonds is 3. The minimum atomic E-state index is -0.691. The number of methoxy groups -OCH3 is 1. The fourth-order valence-electron chi connectivity index (χ4n) is 1.69. The van der Waals surface area contributed by atoms with Crippen LogP contribution in [0.2, 0.25) is 0 Å². The molecule has 0 saturated carbocycles. The largest absolute Gasteiger partial charge is 0.465 e. The van der Waals surface area contributed by atoms with Crippen LogP contribution in [-0.2, 0) is 9.53 Å². The van der Waals surface area contributed by atoms with Gasteiger partial charge in [0.2, 0.25) is 5.91 Å². The SMILES string of the molecule is COC(=O)c1cc(F)ccc1NC(=O)C1CSCN1. The Hall–Kier alpha value is -1.60. The van der Waals surface area contributed by atoms with E-state index in [1.54, 1.807) is 11.8 Å². The molecule has 1 aliphatic rings. The Morgan fingerprint density at radius 2 is 2.32 bits per heavy atom. The van der Waals surface area contributed by atoms with Gasteiger partial charge in [-0.15, -0.1) is 11.8 Å². The second kappa shape index (κ2) is 6.03. The number of esters is 1. The van der Waals surface area contributed by atoms with Gasteiger partial charge in [-0.1, -0.05) is 0 Å². The minimum Gasteiger partial charge on any atom is -0.465 e. The van der Waals surface area contributed by atoms with E-state index in [4.69, 9.17) is 0 Å². The van der Waals surface area contributed by atoms with Gasteiger partial charge in [0.15, 0.2) is 0 Å². The molecule has 0 bridgehead atoms. The first-order chi connectivity index (χ1) is 9.11. The molecule has 5 nitrogen and oxygen atoms in total. The van der Waals surface area contributed by atoms with E-state index in [2.05, 4.69) is 15.4 Å². The van der Waals surface area contributed by atoms with Crippen molar-refractivity contribution in [3.05, 3.63) is 29.6 Å². The van der Waals surface area contributed by atoms with Crippen LogP contribution in [0.1, 0.15) is 10.4 Å². The third kappa shape index (κ3) is 3.24. The Labute approximate surface area is 113 Å². The van der Waals surface area contributed by atoms with Crippen LogP contribution in [0.25, 0.3) is 0 Å². The monoisotopic (exact) mass is 284 g/mol. The highest BCUT2D eigenvalue weighted by atomic mass is 32.2. The molecule has 102 valence electrons. The molecule has 1 aliphatic heterocycles. The first-order valence-electron chi connectivity index (χ1n) is 5.61. The molecule has 0 spiro atoms. The highest BCUT2D eigenvalue weighted by Gasteiger charge is 2.24. The van der Waals surface area contributed by atoms with Gasteiger partial charge in [-0.3, -0.25) is 10.1 Å². The normalized spacial score (nSPS) is 18.1. The maximum absolute atomic E-state index is 13.1. The molecule has 0 aliphatic carbocycles. The fourth-order valence-corrected chi connectivity index (χ4v) is 2.63. The summed E-state index contributed by atoms with van der Waals surface area (Å²) in [7, 11) is 1.20. The number of amides is 1. The molecule has 1 fully saturated rings. The Balaban J connectivity index is 2.19. The predicted octanol–water partition coefficient (Wildman–Crippen LogP) is 1.21. The zero-order valence-corrected chi connectivity index (χ0v) is 11.1. The summed E-state index contributed by atoms with van der Waals surface area (Å²) in [6.07, 6.45) is 0. The zero-order valence-electron chi connectivity index (χ0n) is 10.2. The van der Waals surface area contributed by atoms with Gasteiger partial charge in [-0.2, -0.15) is 0 Å². The lowest BCUT2D eigenvalue weighted by Crippen LogP contribution is -2.37. The van der Waals surface area contributed by atoms with Crippen LogP contribution in [0.4, 0.5) is 10.1 Å². The van der Waals surface area contributed by atoms with Crippen molar-refractivity contribution in [3.8, 4) is 0 Å². The van der Waals surface area contributed by atoms with Crippen molar-refractivity contribution in [1.82, 2.24) is 5.32 Å². The summed E-state index contributed by atoms with van der Waals surface area (Å²) in [5, 5.41) is 5.62. The number of carbonyl (C=O) groups is 2. The van der Waals surface area contributed by atoms with Crippen molar-refractivity contribution in [2.45, 2.75) is 6.04 Å². The van der Waals surface area contributed by atoms with Crippen LogP contribution in [0.3, 0.4) is 0 Å². The van der Waals surface area contributed by atoms with E-state index in [1.807, 2.05) is 0 Å². The highest BCUT2D eigenvalue weighted by Crippen LogP contribution is 2.19. The number of hydrogen-bond acceptors (Lipinski definition) is 5. The molecule has 1 aromatic rings. The maximum Gasteiger partial charge on any atom is 0.340 e. The molecule has 2 rings (SSSR count). The Morgan fingerprint density at radius 1 is 1.53 bits per heavy atom. The number of ether oxygens (including phenoxy) is 1. The van der Waals surface area contributed by atoms with Gasteiger partial charge in [0.05, 0.1) is 24.4 Å². The van der Waals surface area contributed by atoms with Gasteiger partial charge in [0, 0.05) is 11.6 Å². The lowest BCUT2D eigenvalue weighted by atomic mass is 10.1. The first-order valence-corrected chi connectivity index (χ1v) is 6.77. The molecule has 7 heteroatoms. The van der Waals surface area contributed by atoms with E-state index in [-0.39, 0.29) is 23.2 Å². The van der Waals surface area contributed by atoms with Crippen molar-refractivity contribution >= 4 is 29.3 Å². The number of carbonyl (C=O) groups excluding carboxylic acids is 2. The number of hydrogen-bond donors (Lipinski definition) is 2. The van der Waals surface area contributed by atoms with Gasteiger partial charge < -0.3 is 10.1 Å². The Kier molecular flexibility index (Phi) is 4.39. The van der Waals surface area contributed by atoms with Crippen LogP contribution < -0.4 is 10.6 Å². The minimum absolute atomic E-state index is 0.00139. The standard InChI is InChI=1S/C12H13FN2O3S/c1-18-12(17)8-4-7(13)2-3-9(8)15-11(16)10-5-19-6-14-10/h2-4,10,14H,5-6H2,1H3,(H,15,16). The number of thioether (sulfide) groups is 1. The van der Waals surface area contributed by atoms with Crippen LogP contribution in [0.5, 0.6) is 0 Å². The molecule has 1 heterocycles. The number of anilines is 1. The van der Waals surface area contributed by atoms with Gasteiger partial charge in [-0.05, 0) is 18.2 Å². The van der Waals surface area contributed by atoms with Crippen molar-refractivity contribution in [3.63, 3.8) is 0 Å². The van der Waals surface area contributed by atoms with Gasteiger partial charge in [-0.25, -0.2) is 9.18 Å². The smallest absolute Gasteiger partial charge is 0.340 e. The second-order valence-corrected chi connectivity index (χ2v) is 4.97. The molecular weight excluding hydrogens is 271 g/mol. The first kappa shape index (κ1) is 13.8.